The van der Waals surface area contributed by atoms with Gasteiger partial charge in [-0.2, -0.15) is 0 Å². The van der Waals surface area contributed by atoms with E-state index in [4.69, 9.17) is 9.47 Å². The molecule has 27 heavy (non-hydrogen) atoms. The maximum atomic E-state index is 14.0. The van der Waals surface area contributed by atoms with Crippen molar-refractivity contribution in [2.45, 2.75) is 45.0 Å². The first kappa shape index (κ1) is 19.7. The number of carbonyl (C=O) groups excluding carboxylic acids is 1. The Hall–Kier alpha value is -2.05. The smallest absolute Gasteiger partial charge is 0.230 e. The van der Waals surface area contributed by atoms with Gasteiger partial charge in [-0.15, -0.1) is 11.8 Å². The lowest BCUT2D eigenvalue weighted by molar-refractivity contribution is -0.119. The zero-order valence-corrected chi connectivity index (χ0v) is 16.4. The third-order valence-corrected chi connectivity index (χ3v) is 5.39. The number of benzene rings is 2. The highest BCUT2D eigenvalue weighted by molar-refractivity contribution is 7.99. The molecule has 0 unspecified atom stereocenters. The quantitative estimate of drug-likeness (QED) is 0.753. The van der Waals surface area contributed by atoms with Crippen molar-refractivity contribution in [1.82, 2.24) is 5.32 Å². The van der Waals surface area contributed by atoms with E-state index < -0.39 is 6.29 Å². The average molecular weight is 389 g/mol. The van der Waals surface area contributed by atoms with Crippen LogP contribution in [0.2, 0.25) is 0 Å². The number of hydrogen-bond acceptors (Lipinski definition) is 4. The molecule has 0 saturated carbocycles. The molecule has 1 N–H and O–H groups in total. The van der Waals surface area contributed by atoms with Crippen molar-refractivity contribution < 1.29 is 18.7 Å². The molecule has 4 nitrogen and oxygen atoms in total. The number of nitrogens with one attached hydrogen (secondary N) is 1. The molecule has 0 bridgehead atoms. The zero-order valence-electron chi connectivity index (χ0n) is 15.5. The summed E-state index contributed by atoms with van der Waals surface area (Å²) in [6.45, 7) is 4.29. The lowest BCUT2D eigenvalue weighted by atomic mass is 10.1. The SMILES string of the molecule is CC[C@H](C)NC(=O)CSCc1cc(F)cc2c1O[C@H](c1ccccc1)OC2. The normalized spacial score (nSPS) is 16.9. The number of rotatable bonds is 7. The molecule has 1 heterocycles. The lowest BCUT2D eigenvalue weighted by Gasteiger charge is -2.28. The van der Waals surface area contributed by atoms with Gasteiger partial charge in [0.15, 0.2) is 0 Å². The van der Waals surface area contributed by atoms with E-state index in [0.717, 1.165) is 17.5 Å². The van der Waals surface area contributed by atoms with Crippen LogP contribution in [0.5, 0.6) is 5.75 Å². The molecule has 3 rings (SSSR count). The van der Waals surface area contributed by atoms with E-state index in [1.165, 1.54) is 23.9 Å². The highest BCUT2D eigenvalue weighted by Crippen LogP contribution is 2.37. The first-order valence-electron chi connectivity index (χ1n) is 9.08. The maximum absolute atomic E-state index is 14.0. The van der Waals surface area contributed by atoms with Crippen molar-refractivity contribution in [2.75, 3.05) is 5.75 Å². The molecule has 1 aliphatic heterocycles. The molecule has 2 atom stereocenters. The zero-order chi connectivity index (χ0) is 19.2. The average Bonchev–Trinajstić information content (AvgIpc) is 2.68. The second kappa shape index (κ2) is 9.24. The molecule has 0 fully saturated rings. The van der Waals surface area contributed by atoms with E-state index in [0.29, 0.717) is 29.4 Å². The fourth-order valence-electron chi connectivity index (χ4n) is 2.83. The number of thioether (sulfide) groups is 1. The summed E-state index contributed by atoms with van der Waals surface area (Å²) < 4.78 is 25.8. The van der Waals surface area contributed by atoms with Crippen LogP contribution in [0.25, 0.3) is 0 Å². The summed E-state index contributed by atoms with van der Waals surface area (Å²) in [4.78, 5) is 11.9. The molecule has 2 aromatic carbocycles. The predicted octanol–water partition coefficient (Wildman–Crippen LogP) is 4.58. The number of hydrogen-bond donors (Lipinski definition) is 1. The monoisotopic (exact) mass is 389 g/mol. The molecule has 0 aromatic heterocycles. The van der Waals surface area contributed by atoms with Crippen LogP contribution in [-0.2, 0) is 21.9 Å². The largest absolute Gasteiger partial charge is 0.460 e. The van der Waals surface area contributed by atoms with Gasteiger partial charge < -0.3 is 14.8 Å². The van der Waals surface area contributed by atoms with Gasteiger partial charge in [-0.3, -0.25) is 4.79 Å². The van der Waals surface area contributed by atoms with Gasteiger partial charge in [0.1, 0.15) is 11.6 Å². The molecular weight excluding hydrogens is 365 g/mol. The third kappa shape index (κ3) is 5.23. The van der Waals surface area contributed by atoms with Crippen molar-refractivity contribution >= 4 is 17.7 Å². The molecule has 0 spiro atoms. The molecular formula is C21H24FNO3S. The van der Waals surface area contributed by atoms with Crippen LogP contribution in [0.15, 0.2) is 42.5 Å². The van der Waals surface area contributed by atoms with Crippen LogP contribution in [0.4, 0.5) is 4.39 Å². The summed E-state index contributed by atoms with van der Waals surface area (Å²) in [5, 5.41) is 2.93. The van der Waals surface area contributed by atoms with Crippen molar-refractivity contribution in [1.29, 1.82) is 0 Å². The fraction of sp³-hybridized carbons (Fsp3) is 0.381. The van der Waals surface area contributed by atoms with Crippen LogP contribution in [0.1, 0.15) is 43.2 Å². The van der Waals surface area contributed by atoms with E-state index in [1.54, 1.807) is 0 Å². The molecule has 1 aliphatic rings. The summed E-state index contributed by atoms with van der Waals surface area (Å²) in [5.41, 5.74) is 2.36. The Morgan fingerprint density at radius 3 is 2.85 bits per heavy atom. The first-order chi connectivity index (χ1) is 13.1. The highest BCUT2D eigenvalue weighted by atomic mass is 32.2. The summed E-state index contributed by atoms with van der Waals surface area (Å²) in [7, 11) is 0. The minimum absolute atomic E-state index is 0.00830. The Morgan fingerprint density at radius 2 is 2.11 bits per heavy atom. The number of ether oxygens (including phenoxy) is 2. The van der Waals surface area contributed by atoms with Gasteiger partial charge >= 0.3 is 0 Å². The molecule has 2 aromatic rings. The number of halogens is 1. The van der Waals surface area contributed by atoms with E-state index in [1.807, 2.05) is 44.2 Å². The minimum atomic E-state index is -0.512. The molecule has 0 saturated heterocycles. The Bertz CT molecular complexity index is 784. The number of fused-ring (bicyclic) bond motifs is 1. The van der Waals surface area contributed by atoms with E-state index >= 15 is 0 Å². The molecule has 0 radical (unpaired) electrons. The van der Waals surface area contributed by atoms with Gasteiger partial charge in [-0.05, 0) is 25.5 Å². The van der Waals surface area contributed by atoms with Crippen LogP contribution in [0.3, 0.4) is 0 Å². The summed E-state index contributed by atoms with van der Waals surface area (Å²) >= 11 is 1.45. The Kier molecular flexibility index (Phi) is 6.74. The molecule has 6 heteroatoms. The summed E-state index contributed by atoms with van der Waals surface area (Å²) in [6.07, 6.45) is 0.379. The summed E-state index contributed by atoms with van der Waals surface area (Å²) in [5.74, 6) is 1.15. The Morgan fingerprint density at radius 1 is 1.33 bits per heavy atom. The topological polar surface area (TPSA) is 47.6 Å². The predicted molar refractivity (Wildman–Crippen MR) is 105 cm³/mol. The van der Waals surface area contributed by atoms with Gasteiger partial charge in [0.25, 0.3) is 0 Å². The Balaban J connectivity index is 1.68. The van der Waals surface area contributed by atoms with E-state index in [2.05, 4.69) is 5.32 Å². The van der Waals surface area contributed by atoms with Crippen molar-refractivity contribution in [3.63, 3.8) is 0 Å². The van der Waals surface area contributed by atoms with E-state index in [-0.39, 0.29) is 17.8 Å². The van der Waals surface area contributed by atoms with Crippen LogP contribution < -0.4 is 10.1 Å². The van der Waals surface area contributed by atoms with Gasteiger partial charge in [0.2, 0.25) is 12.2 Å². The van der Waals surface area contributed by atoms with Crippen molar-refractivity contribution in [3.8, 4) is 5.75 Å². The minimum Gasteiger partial charge on any atom is -0.460 e. The maximum Gasteiger partial charge on any atom is 0.230 e. The van der Waals surface area contributed by atoms with E-state index in [9.17, 15) is 9.18 Å². The number of amides is 1. The lowest BCUT2D eigenvalue weighted by Crippen LogP contribution is -2.33. The van der Waals surface area contributed by atoms with Crippen LogP contribution >= 0.6 is 11.8 Å². The second-order valence-electron chi connectivity index (χ2n) is 6.59. The van der Waals surface area contributed by atoms with Crippen LogP contribution in [0, 0.1) is 5.82 Å². The highest BCUT2D eigenvalue weighted by Gasteiger charge is 2.25. The molecule has 144 valence electrons. The van der Waals surface area contributed by atoms with Gasteiger partial charge in [0, 0.05) is 28.5 Å². The van der Waals surface area contributed by atoms with Gasteiger partial charge in [-0.1, -0.05) is 37.3 Å². The molecule has 0 aliphatic carbocycles. The van der Waals surface area contributed by atoms with Crippen LogP contribution in [-0.4, -0.2) is 17.7 Å². The van der Waals surface area contributed by atoms with Crippen molar-refractivity contribution in [3.05, 3.63) is 65.0 Å². The number of carbonyl (C=O) groups is 1. The summed E-state index contributed by atoms with van der Waals surface area (Å²) in [6, 6.07) is 12.7. The Labute approximate surface area is 163 Å². The molecule has 1 amide bonds. The first-order valence-corrected chi connectivity index (χ1v) is 10.2. The third-order valence-electron chi connectivity index (χ3n) is 4.40. The standard InChI is InChI=1S/C21H24FNO3S/c1-3-14(2)23-19(24)13-27-12-17-10-18(22)9-16-11-25-21(26-20(16)17)15-7-5-4-6-8-15/h4-10,14,21H,3,11-13H2,1-2H3,(H,23,24)/t14-,21+/m0/s1. The second-order valence-corrected chi connectivity index (χ2v) is 7.58. The fourth-order valence-corrected chi connectivity index (χ4v) is 3.64. The van der Waals surface area contributed by atoms with Crippen molar-refractivity contribution in [2.24, 2.45) is 0 Å². The van der Waals surface area contributed by atoms with Gasteiger partial charge in [-0.25, -0.2) is 4.39 Å². The van der Waals surface area contributed by atoms with Gasteiger partial charge in [0.05, 0.1) is 12.4 Å².